The molecule has 0 spiro atoms. The number of amides is 2. The van der Waals surface area contributed by atoms with Crippen molar-refractivity contribution in [1.29, 1.82) is 0 Å². The lowest BCUT2D eigenvalue weighted by Crippen LogP contribution is -2.49. The Morgan fingerprint density at radius 3 is 2.52 bits per heavy atom. The highest BCUT2D eigenvalue weighted by atomic mass is 35.5. The predicted molar refractivity (Wildman–Crippen MR) is 101 cm³/mol. The van der Waals surface area contributed by atoms with E-state index in [0.717, 1.165) is 0 Å². The van der Waals surface area contributed by atoms with Gasteiger partial charge in [0.1, 0.15) is 0 Å². The number of rotatable bonds is 6. The summed E-state index contributed by atoms with van der Waals surface area (Å²) in [5.74, 6) is -0.701. The SMILES string of the molecule is CCOC(=O)N1CCN(CCC(=O)Nc2cc(C(=O)OC)ccc2Cl)CC1. The van der Waals surface area contributed by atoms with Crippen LogP contribution in [0.25, 0.3) is 0 Å². The molecule has 8 nitrogen and oxygen atoms in total. The number of anilines is 1. The monoisotopic (exact) mass is 397 g/mol. The number of ether oxygens (including phenoxy) is 2. The van der Waals surface area contributed by atoms with E-state index in [2.05, 4.69) is 15.0 Å². The zero-order valence-corrected chi connectivity index (χ0v) is 16.3. The van der Waals surface area contributed by atoms with Gasteiger partial charge in [0.2, 0.25) is 5.91 Å². The fourth-order valence-electron chi connectivity index (χ4n) is 2.71. The number of esters is 1. The van der Waals surface area contributed by atoms with Crippen molar-refractivity contribution in [2.45, 2.75) is 13.3 Å². The average molecular weight is 398 g/mol. The zero-order valence-electron chi connectivity index (χ0n) is 15.5. The van der Waals surface area contributed by atoms with E-state index in [-0.39, 0.29) is 18.4 Å². The maximum Gasteiger partial charge on any atom is 0.409 e. The van der Waals surface area contributed by atoms with Gasteiger partial charge in [-0.25, -0.2) is 9.59 Å². The quantitative estimate of drug-likeness (QED) is 0.740. The molecule has 0 aliphatic carbocycles. The molecule has 1 aliphatic rings. The molecule has 0 aromatic heterocycles. The van der Waals surface area contributed by atoms with Crippen molar-refractivity contribution in [2.75, 3.05) is 51.8 Å². The first-order valence-corrected chi connectivity index (χ1v) is 9.14. The van der Waals surface area contributed by atoms with Crippen molar-refractivity contribution in [3.05, 3.63) is 28.8 Å². The molecule has 0 unspecified atom stereocenters. The summed E-state index contributed by atoms with van der Waals surface area (Å²) in [5.41, 5.74) is 0.684. The number of nitrogens with one attached hydrogen (secondary N) is 1. The highest BCUT2D eigenvalue weighted by Crippen LogP contribution is 2.23. The minimum absolute atomic E-state index is 0.202. The van der Waals surface area contributed by atoms with Gasteiger partial charge in [-0.3, -0.25) is 9.69 Å². The smallest absolute Gasteiger partial charge is 0.409 e. The molecule has 148 valence electrons. The minimum Gasteiger partial charge on any atom is -0.465 e. The first-order chi connectivity index (χ1) is 12.9. The second-order valence-electron chi connectivity index (χ2n) is 6.01. The van der Waals surface area contributed by atoms with Gasteiger partial charge in [0.15, 0.2) is 0 Å². The molecule has 0 bridgehead atoms. The molecule has 2 rings (SSSR count). The number of hydrogen-bond donors (Lipinski definition) is 1. The number of carbonyl (C=O) groups excluding carboxylic acids is 3. The molecule has 1 aromatic carbocycles. The number of hydrogen-bond acceptors (Lipinski definition) is 6. The Morgan fingerprint density at radius 2 is 1.89 bits per heavy atom. The Kier molecular flexibility index (Phi) is 7.87. The molecule has 1 heterocycles. The maximum absolute atomic E-state index is 12.2. The van der Waals surface area contributed by atoms with Crippen LogP contribution in [0.3, 0.4) is 0 Å². The van der Waals surface area contributed by atoms with E-state index in [1.165, 1.54) is 25.3 Å². The van der Waals surface area contributed by atoms with Crippen LogP contribution in [0.15, 0.2) is 18.2 Å². The van der Waals surface area contributed by atoms with Gasteiger partial charge in [-0.2, -0.15) is 0 Å². The number of halogens is 1. The molecule has 27 heavy (non-hydrogen) atoms. The first kappa shape index (κ1) is 21.0. The third-order valence-electron chi connectivity index (χ3n) is 4.21. The highest BCUT2D eigenvalue weighted by Gasteiger charge is 2.22. The lowest BCUT2D eigenvalue weighted by atomic mass is 10.2. The largest absolute Gasteiger partial charge is 0.465 e. The maximum atomic E-state index is 12.2. The molecule has 1 fully saturated rings. The average Bonchev–Trinajstić information content (AvgIpc) is 2.68. The van der Waals surface area contributed by atoms with E-state index in [9.17, 15) is 14.4 Å². The molecule has 2 amide bonds. The molecule has 1 N–H and O–H groups in total. The van der Waals surface area contributed by atoms with Gasteiger partial charge < -0.3 is 19.7 Å². The summed E-state index contributed by atoms with van der Waals surface area (Å²) in [4.78, 5) is 39.3. The number of nitrogens with zero attached hydrogens (tertiary/aromatic N) is 2. The Morgan fingerprint density at radius 1 is 1.19 bits per heavy atom. The third-order valence-corrected chi connectivity index (χ3v) is 4.54. The van der Waals surface area contributed by atoms with Crippen LogP contribution in [0.5, 0.6) is 0 Å². The summed E-state index contributed by atoms with van der Waals surface area (Å²) in [6, 6.07) is 4.56. The van der Waals surface area contributed by atoms with Crippen LogP contribution in [0.2, 0.25) is 5.02 Å². The standard InChI is InChI=1S/C18H24ClN3O5/c1-3-27-18(25)22-10-8-21(9-11-22)7-6-16(23)20-15-12-13(17(24)26-2)4-5-14(15)19/h4-5,12H,3,6-11H2,1-2H3,(H,20,23). The van der Waals surface area contributed by atoms with Gasteiger partial charge in [0.25, 0.3) is 0 Å². The fourth-order valence-corrected chi connectivity index (χ4v) is 2.87. The molecule has 0 radical (unpaired) electrons. The summed E-state index contributed by atoms with van der Waals surface area (Å²) in [6.45, 7) is 5.23. The number of benzene rings is 1. The molecular weight excluding hydrogens is 374 g/mol. The molecule has 1 aliphatic heterocycles. The molecule has 1 aromatic rings. The van der Waals surface area contributed by atoms with Crippen LogP contribution in [0.4, 0.5) is 10.5 Å². The van der Waals surface area contributed by atoms with E-state index >= 15 is 0 Å². The van der Waals surface area contributed by atoms with Gasteiger partial charge in [-0.1, -0.05) is 11.6 Å². The van der Waals surface area contributed by atoms with Crippen LogP contribution in [-0.2, 0) is 14.3 Å². The normalized spacial score (nSPS) is 14.6. The van der Waals surface area contributed by atoms with Crippen LogP contribution >= 0.6 is 11.6 Å². The van der Waals surface area contributed by atoms with Crippen molar-refractivity contribution in [3.63, 3.8) is 0 Å². The number of carbonyl (C=O) groups is 3. The van der Waals surface area contributed by atoms with Gasteiger partial charge in [-0.15, -0.1) is 0 Å². The van der Waals surface area contributed by atoms with Gasteiger partial charge >= 0.3 is 12.1 Å². The fraction of sp³-hybridized carbons (Fsp3) is 0.500. The molecule has 9 heteroatoms. The lowest BCUT2D eigenvalue weighted by molar-refractivity contribution is -0.116. The molecule has 0 saturated carbocycles. The molecule has 1 saturated heterocycles. The van der Waals surface area contributed by atoms with Crippen molar-refractivity contribution in [3.8, 4) is 0 Å². The van der Waals surface area contributed by atoms with Crippen LogP contribution in [-0.4, -0.2) is 74.2 Å². The van der Waals surface area contributed by atoms with E-state index in [1.807, 2.05) is 0 Å². The predicted octanol–water partition coefficient (Wildman–Crippen LogP) is 2.23. The minimum atomic E-state index is -0.498. The van der Waals surface area contributed by atoms with E-state index in [1.54, 1.807) is 11.8 Å². The topological polar surface area (TPSA) is 88.2 Å². The van der Waals surface area contributed by atoms with Gasteiger partial charge in [0, 0.05) is 39.1 Å². The first-order valence-electron chi connectivity index (χ1n) is 8.76. The van der Waals surface area contributed by atoms with Crippen molar-refractivity contribution in [2.24, 2.45) is 0 Å². The second kappa shape index (κ2) is 10.1. The second-order valence-corrected chi connectivity index (χ2v) is 6.42. The van der Waals surface area contributed by atoms with Crippen molar-refractivity contribution in [1.82, 2.24) is 9.80 Å². The van der Waals surface area contributed by atoms with Crippen molar-refractivity contribution < 1.29 is 23.9 Å². The summed E-state index contributed by atoms with van der Waals surface area (Å²) < 4.78 is 9.65. The van der Waals surface area contributed by atoms with Crippen LogP contribution in [0.1, 0.15) is 23.7 Å². The van der Waals surface area contributed by atoms with Crippen LogP contribution < -0.4 is 5.32 Å². The summed E-state index contributed by atoms with van der Waals surface area (Å²) in [7, 11) is 1.29. The number of methoxy groups -OCH3 is 1. The van der Waals surface area contributed by atoms with Crippen molar-refractivity contribution >= 4 is 35.3 Å². The summed E-state index contributed by atoms with van der Waals surface area (Å²) in [5, 5.41) is 3.07. The summed E-state index contributed by atoms with van der Waals surface area (Å²) >= 11 is 6.08. The molecule has 0 atom stereocenters. The van der Waals surface area contributed by atoms with E-state index in [4.69, 9.17) is 16.3 Å². The van der Waals surface area contributed by atoms with Crippen LogP contribution in [0, 0.1) is 0 Å². The van der Waals surface area contributed by atoms with Gasteiger partial charge in [-0.05, 0) is 25.1 Å². The highest BCUT2D eigenvalue weighted by molar-refractivity contribution is 6.33. The Hall–Kier alpha value is -2.32. The Balaban J connectivity index is 1.80. The molecular formula is C18H24ClN3O5. The van der Waals surface area contributed by atoms with E-state index in [0.29, 0.717) is 55.6 Å². The van der Waals surface area contributed by atoms with Gasteiger partial charge in [0.05, 0.1) is 30.0 Å². The number of piperazine rings is 1. The third kappa shape index (κ3) is 6.11. The Labute approximate surface area is 163 Å². The summed E-state index contributed by atoms with van der Waals surface area (Å²) in [6.07, 6.45) is -0.0203. The zero-order chi connectivity index (χ0) is 19.8. The Bertz CT molecular complexity index is 690. The van der Waals surface area contributed by atoms with E-state index < -0.39 is 5.97 Å². The lowest BCUT2D eigenvalue weighted by Gasteiger charge is -2.33.